The Morgan fingerprint density at radius 1 is 1.10 bits per heavy atom. The summed E-state index contributed by atoms with van der Waals surface area (Å²) in [6.07, 6.45) is 0. The maximum absolute atomic E-state index is 5.80. The summed E-state index contributed by atoms with van der Waals surface area (Å²) in [5.41, 5.74) is 5.00. The third-order valence-corrected chi connectivity index (χ3v) is 4.10. The van der Waals surface area contributed by atoms with Crippen LogP contribution in [0.15, 0.2) is 40.9 Å². The van der Waals surface area contributed by atoms with E-state index in [1.54, 1.807) is 0 Å². The summed E-state index contributed by atoms with van der Waals surface area (Å²) in [7, 11) is 1.99. The molecule has 0 heterocycles. The molecule has 112 valence electrons. The number of aryl methyl sites for hydroxylation is 2. The van der Waals surface area contributed by atoms with Gasteiger partial charge in [0.2, 0.25) is 0 Å². The van der Waals surface area contributed by atoms with Crippen molar-refractivity contribution in [2.75, 3.05) is 13.7 Å². The number of rotatable bonds is 5. The lowest BCUT2D eigenvalue weighted by atomic mass is 9.93. The summed E-state index contributed by atoms with van der Waals surface area (Å²) in [6, 6.07) is 12.9. The van der Waals surface area contributed by atoms with Gasteiger partial charge in [-0.15, -0.1) is 0 Å². The zero-order valence-corrected chi connectivity index (χ0v) is 14.6. The first-order valence-electron chi connectivity index (χ1n) is 7.23. The average molecular weight is 348 g/mol. The molecule has 0 aliphatic heterocycles. The standard InChI is InChI=1S/C18H22BrNO/c1-5-21-17-9-7-14(19)11-16(17)18(20-4)15-8-6-12(2)10-13(15)3/h6-11,18,20H,5H2,1-4H3. The molecule has 1 unspecified atom stereocenters. The van der Waals surface area contributed by atoms with Crippen molar-refractivity contribution >= 4 is 15.9 Å². The van der Waals surface area contributed by atoms with E-state index in [4.69, 9.17) is 4.74 Å². The molecule has 1 atom stereocenters. The van der Waals surface area contributed by atoms with Gasteiger partial charge < -0.3 is 10.1 Å². The molecule has 1 N–H and O–H groups in total. The first kappa shape index (κ1) is 16.1. The van der Waals surface area contributed by atoms with E-state index in [0.717, 1.165) is 15.8 Å². The molecular weight excluding hydrogens is 326 g/mol. The van der Waals surface area contributed by atoms with Crippen molar-refractivity contribution in [3.63, 3.8) is 0 Å². The largest absolute Gasteiger partial charge is 0.494 e. The lowest BCUT2D eigenvalue weighted by Gasteiger charge is -2.22. The van der Waals surface area contributed by atoms with E-state index in [1.165, 1.54) is 16.7 Å². The fraction of sp³-hybridized carbons (Fsp3) is 0.333. The maximum atomic E-state index is 5.80. The van der Waals surface area contributed by atoms with Gasteiger partial charge in [0, 0.05) is 10.0 Å². The van der Waals surface area contributed by atoms with Crippen LogP contribution in [-0.2, 0) is 0 Å². The summed E-state index contributed by atoms with van der Waals surface area (Å²) in [6.45, 7) is 6.95. The van der Waals surface area contributed by atoms with Crippen LogP contribution in [0.2, 0.25) is 0 Å². The van der Waals surface area contributed by atoms with Crippen LogP contribution >= 0.6 is 15.9 Å². The highest BCUT2D eigenvalue weighted by Crippen LogP contribution is 2.34. The van der Waals surface area contributed by atoms with Crippen LogP contribution in [0.3, 0.4) is 0 Å². The SMILES string of the molecule is CCOc1ccc(Br)cc1C(NC)c1ccc(C)cc1C. The molecule has 2 rings (SSSR count). The van der Waals surface area contributed by atoms with Gasteiger partial charge in [-0.3, -0.25) is 0 Å². The van der Waals surface area contributed by atoms with E-state index in [9.17, 15) is 0 Å². The van der Waals surface area contributed by atoms with Crippen molar-refractivity contribution in [1.82, 2.24) is 5.32 Å². The van der Waals surface area contributed by atoms with Crippen molar-refractivity contribution in [2.24, 2.45) is 0 Å². The fourth-order valence-electron chi connectivity index (χ4n) is 2.66. The highest BCUT2D eigenvalue weighted by Gasteiger charge is 2.19. The number of hydrogen-bond acceptors (Lipinski definition) is 2. The third-order valence-electron chi connectivity index (χ3n) is 3.61. The predicted octanol–water partition coefficient (Wildman–Crippen LogP) is 4.77. The van der Waals surface area contributed by atoms with Gasteiger partial charge in [-0.05, 0) is 57.1 Å². The minimum atomic E-state index is 0.115. The third kappa shape index (κ3) is 3.66. The van der Waals surface area contributed by atoms with E-state index in [-0.39, 0.29) is 6.04 Å². The van der Waals surface area contributed by atoms with Crippen LogP contribution in [-0.4, -0.2) is 13.7 Å². The van der Waals surface area contributed by atoms with Crippen molar-refractivity contribution in [3.05, 3.63) is 63.1 Å². The molecule has 3 heteroatoms. The Hall–Kier alpha value is -1.32. The van der Waals surface area contributed by atoms with E-state index < -0.39 is 0 Å². The summed E-state index contributed by atoms with van der Waals surface area (Å²) < 4.78 is 6.86. The normalized spacial score (nSPS) is 12.2. The average Bonchev–Trinajstić information content (AvgIpc) is 2.45. The zero-order valence-electron chi connectivity index (χ0n) is 13.0. The van der Waals surface area contributed by atoms with Crippen LogP contribution in [0.4, 0.5) is 0 Å². The Bertz CT molecular complexity index is 625. The molecule has 2 aromatic rings. The zero-order chi connectivity index (χ0) is 15.4. The molecule has 21 heavy (non-hydrogen) atoms. The van der Waals surface area contributed by atoms with E-state index in [0.29, 0.717) is 6.61 Å². The molecule has 0 fully saturated rings. The van der Waals surface area contributed by atoms with Gasteiger partial charge in [0.25, 0.3) is 0 Å². The second-order valence-electron chi connectivity index (χ2n) is 5.20. The molecule has 0 amide bonds. The predicted molar refractivity (Wildman–Crippen MR) is 92.1 cm³/mol. The maximum Gasteiger partial charge on any atom is 0.124 e. The van der Waals surface area contributed by atoms with Gasteiger partial charge in [0.1, 0.15) is 5.75 Å². The number of nitrogens with one attached hydrogen (secondary N) is 1. The van der Waals surface area contributed by atoms with Gasteiger partial charge in [-0.25, -0.2) is 0 Å². The Morgan fingerprint density at radius 3 is 2.48 bits per heavy atom. The van der Waals surface area contributed by atoms with Crippen LogP contribution in [0.5, 0.6) is 5.75 Å². The highest BCUT2D eigenvalue weighted by atomic mass is 79.9. The second kappa shape index (κ2) is 7.10. The minimum Gasteiger partial charge on any atom is -0.494 e. The second-order valence-corrected chi connectivity index (χ2v) is 6.11. The fourth-order valence-corrected chi connectivity index (χ4v) is 3.04. The monoisotopic (exact) mass is 347 g/mol. The number of halogens is 1. The van der Waals surface area contributed by atoms with Crippen molar-refractivity contribution in [1.29, 1.82) is 0 Å². The highest BCUT2D eigenvalue weighted by molar-refractivity contribution is 9.10. The number of ether oxygens (including phenoxy) is 1. The van der Waals surface area contributed by atoms with Gasteiger partial charge in [0.15, 0.2) is 0 Å². The van der Waals surface area contributed by atoms with Crippen molar-refractivity contribution < 1.29 is 4.74 Å². The van der Waals surface area contributed by atoms with Crippen LogP contribution in [0.1, 0.15) is 35.2 Å². The molecule has 0 saturated carbocycles. The summed E-state index contributed by atoms with van der Waals surface area (Å²) >= 11 is 3.56. The number of hydrogen-bond donors (Lipinski definition) is 1. The molecule has 0 spiro atoms. The Balaban J connectivity index is 2.52. The molecule has 0 radical (unpaired) electrons. The first-order chi connectivity index (χ1) is 10.1. The van der Waals surface area contributed by atoms with E-state index >= 15 is 0 Å². The molecular formula is C18H22BrNO. The van der Waals surface area contributed by atoms with Crippen LogP contribution in [0.25, 0.3) is 0 Å². The Labute approximate surface area is 135 Å². The topological polar surface area (TPSA) is 21.3 Å². The minimum absolute atomic E-state index is 0.115. The van der Waals surface area contributed by atoms with Gasteiger partial charge >= 0.3 is 0 Å². The molecule has 0 aromatic heterocycles. The summed E-state index contributed by atoms with van der Waals surface area (Å²) in [5, 5.41) is 3.42. The molecule has 0 bridgehead atoms. The lowest BCUT2D eigenvalue weighted by molar-refractivity contribution is 0.334. The molecule has 2 nitrogen and oxygen atoms in total. The Morgan fingerprint density at radius 2 is 1.86 bits per heavy atom. The quantitative estimate of drug-likeness (QED) is 0.840. The lowest BCUT2D eigenvalue weighted by Crippen LogP contribution is -2.19. The molecule has 0 saturated heterocycles. The molecule has 0 aliphatic rings. The summed E-state index contributed by atoms with van der Waals surface area (Å²) in [4.78, 5) is 0. The van der Waals surface area contributed by atoms with Crippen LogP contribution < -0.4 is 10.1 Å². The van der Waals surface area contributed by atoms with Crippen molar-refractivity contribution in [2.45, 2.75) is 26.8 Å². The summed E-state index contributed by atoms with van der Waals surface area (Å²) in [5.74, 6) is 0.931. The van der Waals surface area contributed by atoms with Crippen LogP contribution in [0, 0.1) is 13.8 Å². The van der Waals surface area contributed by atoms with Gasteiger partial charge in [0.05, 0.1) is 12.6 Å². The van der Waals surface area contributed by atoms with Gasteiger partial charge in [-0.2, -0.15) is 0 Å². The Kier molecular flexibility index (Phi) is 5.43. The number of benzene rings is 2. The molecule has 2 aromatic carbocycles. The first-order valence-corrected chi connectivity index (χ1v) is 8.02. The van der Waals surface area contributed by atoms with Gasteiger partial charge in [-0.1, -0.05) is 39.7 Å². The van der Waals surface area contributed by atoms with E-state index in [2.05, 4.69) is 59.4 Å². The van der Waals surface area contributed by atoms with Crippen molar-refractivity contribution in [3.8, 4) is 5.75 Å². The van der Waals surface area contributed by atoms with E-state index in [1.807, 2.05) is 26.1 Å². The smallest absolute Gasteiger partial charge is 0.124 e. The molecule has 0 aliphatic carbocycles.